The first-order valence-electron chi connectivity index (χ1n) is 6.59. The van der Waals surface area contributed by atoms with E-state index in [-0.39, 0.29) is 5.91 Å². The molecule has 104 valence electrons. The molecule has 1 aliphatic carbocycles. The van der Waals surface area contributed by atoms with Gasteiger partial charge in [0, 0.05) is 7.05 Å². The second-order valence-electron chi connectivity index (χ2n) is 5.11. The molecule has 0 saturated heterocycles. The number of carbonyl (C=O) groups is 2. The summed E-state index contributed by atoms with van der Waals surface area (Å²) in [5.41, 5.74) is 0. The summed E-state index contributed by atoms with van der Waals surface area (Å²) in [6.45, 7) is 0.384. The first kappa shape index (κ1) is 13.6. The van der Waals surface area contributed by atoms with Crippen molar-refractivity contribution < 1.29 is 19.1 Å². The summed E-state index contributed by atoms with van der Waals surface area (Å²) >= 11 is 0. The van der Waals surface area contributed by atoms with Gasteiger partial charge in [0.25, 0.3) is 0 Å². The number of carboxylic acid groups (broad SMARTS) is 1. The molecule has 2 rings (SSSR count). The van der Waals surface area contributed by atoms with Crippen molar-refractivity contribution in [3.05, 3.63) is 24.2 Å². The molecular weight excluding hydrogens is 246 g/mol. The summed E-state index contributed by atoms with van der Waals surface area (Å²) < 4.78 is 5.21. The Labute approximate surface area is 112 Å². The molecule has 0 unspecified atom stereocenters. The minimum absolute atomic E-state index is 0.0940. The predicted octanol–water partition coefficient (Wildman–Crippen LogP) is 2.13. The molecule has 1 amide bonds. The summed E-state index contributed by atoms with van der Waals surface area (Å²) in [5.74, 6) is -1.18. The number of hydrogen-bond donors (Lipinski definition) is 1. The number of rotatable bonds is 4. The highest BCUT2D eigenvalue weighted by molar-refractivity contribution is 5.84. The van der Waals surface area contributed by atoms with Gasteiger partial charge in [-0.05, 0) is 25.0 Å². The van der Waals surface area contributed by atoms with Crippen molar-refractivity contribution in [1.29, 1.82) is 0 Å². The van der Waals surface area contributed by atoms with Gasteiger partial charge in [0.1, 0.15) is 5.76 Å². The average Bonchev–Trinajstić information content (AvgIpc) is 2.90. The predicted molar refractivity (Wildman–Crippen MR) is 68.3 cm³/mol. The molecule has 0 radical (unpaired) electrons. The van der Waals surface area contributed by atoms with Crippen LogP contribution in [0, 0.1) is 11.8 Å². The molecule has 5 heteroatoms. The molecule has 1 N–H and O–H groups in total. The van der Waals surface area contributed by atoms with Gasteiger partial charge in [-0.1, -0.05) is 12.8 Å². The van der Waals surface area contributed by atoms with Crippen LogP contribution in [-0.2, 0) is 16.1 Å². The van der Waals surface area contributed by atoms with Gasteiger partial charge < -0.3 is 14.4 Å². The van der Waals surface area contributed by atoms with Crippen LogP contribution in [0.5, 0.6) is 0 Å². The number of carbonyl (C=O) groups excluding carboxylic acids is 1. The molecule has 1 saturated carbocycles. The van der Waals surface area contributed by atoms with E-state index >= 15 is 0 Å². The highest BCUT2D eigenvalue weighted by Gasteiger charge is 2.37. The maximum atomic E-state index is 12.4. The third-order valence-corrected chi connectivity index (χ3v) is 3.75. The molecule has 5 nitrogen and oxygen atoms in total. The smallest absolute Gasteiger partial charge is 0.307 e. The van der Waals surface area contributed by atoms with E-state index in [2.05, 4.69) is 0 Å². The van der Waals surface area contributed by atoms with Crippen LogP contribution in [0.15, 0.2) is 22.8 Å². The van der Waals surface area contributed by atoms with Crippen molar-refractivity contribution in [3.8, 4) is 0 Å². The molecular formula is C14H19NO4. The average molecular weight is 265 g/mol. The minimum Gasteiger partial charge on any atom is -0.481 e. The van der Waals surface area contributed by atoms with E-state index in [1.807, 2.05) is 0 Å². The third kappa shape index (κ3) is 3.16. The Bertz CT molecular complexity index is 440. The lowest BCUT2D eigenvalue weighted by molar-refractivity contribution is -0.152. The zero-order valence-corrected chi connectivity index (χ0v) is 11.0. The summed E-state index contributed by atoms with van der Waals surface area (Å²) in [4.78, 5) is 25.1. The molecule has 1 aromatic rings. The van der Waals surface area contributed by atoms with Gasteiger partial charge in [-0.2, -0.15) is 0 Å². The molecule has 1 heterocycles. The van der Waals surface area contributed by atoms with E-state index in [9.17, 15) is 14.7 Å². The van der Waals surface area contributed by atoms with E-state index in [4.69, 9.17) is 4.42 Å². The van der Waals surface area contributed by atoms with Crippen LogP contribution in [0.25, 0.3) is 0 Å². The molecule has 0 spiro atoms. The number of amides is 1. The first-order chi connectivity index (χ1) is 9.09. The van der Waals surface area contributed by atoms with E-state index in [0.29, 0.717) is 25.1 Å². The van der Waals surface area contributed by atoms with Crippen LogP contribution in [-0.4, -0.2) is 28.9 Å². The third-order valence-electron chi connectivity index (χ3n) is 3.75. The fourth-order valence-corrected chi connectivity index (χ4v) is 2.72. The van der Waals surface area contributed by atoms with Crippen molar-refractivity contribution in [3.63, 3.8) is 0 Å². The van der Waals surface area contributed by atoms with Crippen molar-refractivity contribution in [2.45, 2.75) is 32.2 Å². The van der Waals surface area contributed by atoms with Crippen molar-refractivity contribution in [2.75, 3.05) is 7.05 Å². The molecule has 1 aliphatic rings. The lowest BCUT2D eigenvalue weighted by Crippen LogP contribution is -2.40. The van der Waals surface area contributed by atoms with E-state index in [1.165, 1.54) is 0 Å². The highest BCUT2D eigenvalue weighted by Crippen LogP contribution is 2.31. The quantitative estimate of drug-likeness (QED) is 0.905. The SMILES string of the molecule is CN(Cc1ccco1)C(=O)[C@@H]1CCCC[C@@H]1C(=O)O. The second kappa shape index (κ2) is 5.91. The van der Waals surface area contributed by atoms with Crippen LogP contribution in [0.4, 0.5) is 0 Å². The van der Waals surface area contributed by atoms with Gasteiger partial charge in [0.05, 0.1) is 24.6 Å². The van der Waals surface area contributed by atoms with Gasteiger partial charge in [-0.15, -0.1) is 0 Å². The number of carboxylic acids is 1. The largest absolute Gasteiger partial charge is 0.481 e. The van der Waals surface area contributed by atoms with Gasteiger partial charge in [-0.25, -0.2) is 0 Å². The maximum absolute atomic E-state index is 12.4. The van der Waals surface area contributed by atoms with Gasteiger partial charge in [0.15, 0.2) is 0 Å². The van der Waals surface area contributed by atoms with Gasteiger partial charge in [0.2, 0.25) is 5.91 Å². The molecule has 0 aliphatic heterocycles. The minimum atomic E-state index is -0.857. The monoisotopic (exact) mass is 265 g/mol. The van der Waals surface area contributed by atoms with Crippen LogP contribution < -0.4 is 0 Å². The summed E-state index contributed by atoms with van der Waals surface area (Å²) in [7, 11) is 1.69. The van der Waals surface area contributed by atoms with Crippen molar-refractivity contribution in [1.82, 2.24) is 4.90 Å². The Morgan fingerprint density at radius 1 is 1.37 bits per heavy atom. The lowest BCUT2D eigenvalue weighted by Gasteiger charge is -2.30. The van der Waals surface area contributed by atoms with Crippen molar-refractivity contribution in [2.24, 2.45) is 11.8 Å². The maximum Gasteiger partial charge on any atom is 0.307 e. The highest BCUT2D eigenvalue weighted by atomic mass is 16.4. The molecule has 2 atom stereocenters. The topological polar surface area (TPSA) is 70.8 Å². The molecule has 1 fully saturated rings. The second-order valence-corrected chi connectivity index (χ2v) is 5.11. The van der Waals surface area contributed by atoms with Crippen molar-refractivity contribution >= 4 is 11.9 Å². The summed E-state index contributed by atoms with van der Waals surface area (Å²) in [6, 6.07) is 3.58. The number of furan rings is 1. The first-order valence-corrected chi connectivity index (χ1v) is 6.59. The van der Waals surface area contributed by atoms with Gasteiger partial charge >= 0.3 is 5.97 Å². The Kier molecular flexibility index (Phi) is 4.24. The van der Waals surface area contributed by atoms with Crippen LogP contribution in [0.3, 0.4) is 0 Å². The standard InChI is InChI=1S/C14H19NO4/c1-15(9-10-5-4-8-19-10)13(16)11-6-2-3-7-12(11)14(17)18/h4-5,8,11-12H,2-3,6-7,9H2,1H3,(H,17,18)/t11-,12+/m1/s1. The van der Waals surface area contributed by atoms with Crippen LogP contribution >= 0.6 is 0 Å². The lowest BCUT2D eigenvalue weighted by atomic mass is 9.78. The Morgan fingerprint density at radius 2 is 2.05 bits per heavy atom. The number of nitrogens with zero attached hydrogens (tertiary/aromatic N) is 1. The molecule has 0 bridgehead atoms. The zero-order valence-electron chi connectivity index (χ0n) is 11.0. The zero-order chi connectivity index (χ0) is 13.8. The van der Waals surface area contributed by atoms with Gasteiger partial charge in [-0.3, -0.25) is 9.59 Å². The molecule has 0 aromatic carbocycles. The summed E-state index contributed by atoms with van der Waals surface area (Å²) in [5, 5.41) is 9.21. The normalized spacial score (nSPS) is 23.0. The van der Waals surface area contributed by atoms with E-state index in [0.717, 1.165) is 12.8 Å². The molecule has 1 aromatic heterocycles. The number of hydrogen-bond acceptors (Lipinski definition) is 3. The number of aliphatic carboxylic acids is 1. The van der Waals surface area contributed by atoms with Crippen LogP contribution in [0.1, 0.15) is 31.4 Å². The Morgan fingerprint density at radius 3 is 2.63 bits per heavy atom. The Hall–Kier alpha value is -1.78. The van der Waals surface area contributed by atoms with Crippen LogP contribution in [0.2, 0.25) is 0 Å². The van der Waals surface area contributed by atoms with E-state index < -0.39 is 17.8 Å². The van der Waals surface area contributed by atoms with E-state index in [1.54, 1.807) is 30.3 Å². The summed E-state index contributed by atoms with van der Waals surface area (Å²) in [6.07, 6.45) is 4.64. The fraction of sp³-hybridized carbons (Fsp3) is 0.571. The Balaban J connectivity index is 2.02. The fourth-order valence-electron chi connectivity index (χ4n) is 2.72. The molecule has 19 heavy (non-hydrogen) atoms.